The lowest BCUT2D eigenvalue weighted by molar-refractivity contribution is -0.289. The third kappa shape index (κ3) is 16.7. The number of nitrogen functional groups attached to an aromatic ring is 1. The molecule has 0 aliphatic heterocycles. The highest BCUT2D eigenvalue weighted by atomic mass is 35.5. The zero-order chi connectivity index (χ0) is 56.5. The molecule has 0 saturated heterocycles. The average molecular weight is 1110 g/mol. The zero-order valence-electron chi connectivity index (χ0n) is 36.4. The number of anilines is 2. The third-order valence-corrected chi connectivity index (χ3v) is 8.93. The lowest BCUT2D eigenvalue weighted by Crippen LogP contribution is -2.34. The molecular weight excluding hydrogens is 1080 g/mol. The highest BCUT2D eigenvalue weighted by Gasteiger charge is 2.59. The van der Waals surface area contributed by atoms with Crippen molar-refractivity contribution in [3.8, 4) is 34.5 Å². The van der Waals surface area contributed by atoms with Crippen LogP contribution >= 0.6 is 11.6 Å². The van der Waals surface area contributed by atoms with E-state index in [4.69, 9.17) is 38.3 Å². The maximum absolute atomic E-state index is 14.0. The quantitative estimate of drug-likeness (QED) is 0.0629. The van der Waals surface area contributed by atoms with E-state index in [1.807, 2.05) is 0 Å². The van der Waals surface area contributed by atoms with E-state index in [0.717, 1.165) is 60.8 Å². The molecule has 14 nitrogen and oxygen atoms in total. The number of hydrogen-bond acceptors (Lipinski definition) is 11. The van der Waals surface area contributed by atoms with Gasteiger partial charge >= 0.3 is 36.9 Å². The van der Waals surface area contributed by atoms with E-state index in [1.165, 1.54) is 18.3 Å². The van der Waals surface area contributed by atoms with Crippen LogP contribution in [0.5, 0.6) is 34.5 Å². The number of hydrogen-bond donors (Lipinski definition) is 4. The Labute approximate surface area is 412 Å². The van der Waals surface area contributed by atoms with Gasteiger partial charge in [0.25, 0.3) is 23.0 Å². The predicted octanol–water partition coefficient (Wildman–Crippen LogP) is 12.0. The molecule has 3 amide bonds. The van der Waals surface area contributed by atoms with E-state index in [1.54, 1.807) is 6.07 Å². The molecule has 31 heteroatoms. The third-order valence-electron chi connectivity index (χ3n) is 8.73. The summed E-state index contributed by atoms with van der Waals surface area (Å²) in [5.41, 5.74) is 10.9. The Balaban J connectivity index is 0.000000280. The first kappa shape index (κ1) is 59.0. The molecule has 0 saturated carbocycles. The van der Waals surface area contributed by atoms with Gasteiger partial charge in [0.15, 0.2) is 0 Å². The van der Waals surface area contributed by atoms with Crippen molar-refractivity contribution in [1.29, 1.82) is 0 Å². The molecule has 7 N–H and O–H groups in total. The van der Waals surface area contributed by atoms with Gasteiger partial charge in [-0.1, -0.05) is 0 Å². The van der Waals surface area contributed by atoms with Crippen molar-refractivity contribution in [3.05, 3.63) is 155 Å². The van der Waals surface area contributed by atoms with Gasteiger partial charge in [-0.15, -0.1) is 26.3 Å². The summed E-state index contributed by atoms with van der Waals surface area (Å²) < 4.78 is 222. The van der Waals surface area contributed by atoms with E-state index < -0.39 is 105 Å². The molecule has 0 spiro atoms. The first-order valence-electron chi connectivity index (χ1n) is 19.5. The topological polar surface area (TPSA) is 221 Å². The fraction of sp³-hybridized carbons (Fsp3) is 0.136. The average Bonchev–Trinajstić information content (AvgIpc) is 3.29. The van der Waals surface area contributed by atoms with Crippen LogP contribution in [-0.4, -0.2) is 58.0 Å². The second kappa shape index (κ2) is 23.1. The molecule has 6 aromatic rings. The van der Waals surface area contributed by atoms with Crippen molar-refractivity contribution in [2.45, 2.75) is 36.9 Å². The number of alkyl halides is 16. The normalized spacial score (nSPS) is 11.9. The number of carbonyl (C=O) groups is 4. The minimum Gasteiger partial charge on any atom is -0.457 e. The number of pyridine rings is 2. The van der Waals surface area contributed by atoms with Gasteiger partial charge in [-0.05, 0) is 121 Å². The summed E-state index contributed by atoms with van der Waals surface area (Å²) in [6.07, 6.45) is -19.3. The molecule has 0 atom stereocenters. The van der Waals surface area contributed by atoms with Gasteiger partial charge < -0.3 is 41.5 Å². The highest BCUT2D eigenvalue weighted by molar-refractivity contribution is 6.68. The van der Waals surface area contributed by atoms with Crippen LogP contribution in [0.4, 0.5) is 81.6 Å². The highest BCUT2D eigenvalue weighted by Crippen LogP contribution is 2.47. The lowest BCUT2D eigenvalue weighted by Gasteiger charge is -2.21. The number of aromatic nitrogens is 2. The summed E-state index contributed by atoms with van der Waals surface area (Å²) in [5.74, 6) is -15.9. The van der Waals surface area contributed by atoms with Crippen LogP contribution in [-0.2, 0) is 11.8 Å². The fourth-order valence-electron chi connectivity index (χ4n) is 5.38. The summed E-state index contributed by atoms with van der Waals surface area (Å²) in [4.78, 5) is 53.3. The van der Waals surface area contributed by atoms with E-state index in [-0.39, 0.29) is 40.7 Å². The largest absolute Gasteiger partial charge is 0.573 e. The number of amides is 3. The maximum atomic E-state index is 14.0. The van der Waals surface area contributed by atoms with Crippen molar-refractivity contribution in [2.75, 3.05) is 11.1 Å². The molecule has 0 aliphatic carbocycles. The van der Waals surface area contributed by atoms with E-state index in [2.05, 4.69) is 24.8 Å². The second-order valence-electron chi connectivity index (χ2n) is 14.2. The number of benzene rings is 4. The Morgan fingerprint density at radius 3 is 1.21 bits per heavy atom. The molecule has 0 unspecified atom stereocenters. The number of nitrogens with zero attached hydrogens (tertiary/aromatic N) is 2. The van der Waals surface area contributed by atoms with Crippen LogP contribution in [0.15, 0.2) is 122 Å². The van der Waals surface area contributed by atoms with Crippen molar-refractivity contribution in [1.82, 2.24) is 9.97 Å². The molecule has 400 valence electrons. The van der Waals surface area contributed by atoms with Gasteiger partial charge in [-0.25, -0.2) is 0 Å². The summed E-state index contributed by atoms with van der Waals surface area (Å²) >= 11 is 5.22. The van der Waals surface area contributed by atoms with Crippen LogP contribution in [0.1, 0.15) is 52.8 Å². The monoisotopic (exact) mass is 1110 g/mol. The van der Waals surface area contributed by atoms with Gasteiger partial charge in [-0.3, -0.25) is 29.1 Å². The number of nitrogens with one attached hydrogen (secondary N) is 1. The molecule has 2 aromatic heterocycles. The Morgan fingerprint density at radius 1 is 0.480 bits per heavy atom. The van der Waals surface area contributed by atoms with Crippen molar-refractivity contribution < 1.29 is 108 Å². The van der Waals surface area contributed by atoms with E-state index in [9.17, 15) is 89.4 Å². The number of ether oxygens (including phenoxy) is 4. The minimum absolute atomic E-state index is 0.110. The van der Waals surface area contributed by atoms with Gasteiger partial charge in [0, 0.05) is 34.9 Å². The molecule has 6 rings (SSSR count). The summed E-state index contributed by atoms with van der Waals surface area (Å²) in [6.45, 7) is 0. The van der Waals surface area contributed by atoms with Crippen molar-refractivity contribution in [3.63, 3.8) is 0 Å². The fourth-order valence-corrected chi connectivity index (χ4v) is 5.53. The number of nitrogens with two attached hydrogens (primary N) is 3. The second-order valence-corrected chi connectivity index (χ2v) is 14.5. The number of primary amides is 2. The summed E-state index contributed by atoms with van der Waals surface area (Å²) in [6, 6.07) is 15.1. The van der Waals surface area contributed by atoms with E-state index in [0.29, 0.717) is 30.0 Å². The van der Waals surface area contributed by atoms with Gasteiger partial charge in [0.2, 0.25) is 0 Å². The molecule has 0 aliphatic rings. The van der Waals surface area contributed by atoms with Gasteiger partial charge in [0.1, 0.15) is 45.9 Å². The summed E-state index contributed by atoms with van der Waals surface area (Å²) in [7, 11) is 0. The Hall–Kier alpha value is -8.57. The Morgan fingerprint density at radius 2 is 0.853 bits per heavy atom. The molecular formula is C44H27ClF16N6O8. The zero-order valence-corrected chi connectivity index (χ0v) is 37.1. The van der Waals surface area contributed by atoms with Gasteiger partial charge in [0.05, 0.1) is 11.1 Å². The van der Waals surface area contributed by atoms with Crippen LogP contribution in [0.25, 0.3) is 0 Å². The first-order chi connectivity index (χ1) is 34.5. The molecule has 4 aromatic carbocycles. The Kier molecular flexibility index (Phi) is 18.2. The Bertz CT molecular complexity index is 3010. The molecule has 75 heavy (non-hydrogen) atoms. The molecule has 0 fully saturated rings. The number of rotatable bonds is 13. The molecule has 0 bridgehead atoms. The lowest BCUT2D eigenvalue weighted by atomic mass is 10.0. The van der Waals surface area contributed by atoms with Gasteiger partial charge in [-0.2, -0.15) is 43.9 Å². The molecule has 0 radical (unpaired) electrons. The van der Waals surface area contributed by atoms with Crippen LogP contribution < -0.4 is 41.5 Å². The van der Waals surface area contributed by atoms with Crippen LogP contribution in [0.2, 0.25) is 0 Å². The van der Waals surface area contributed by atoms with Crippen LogP contribution in [0, 0.1) is 0 Å². The summed E-state index contributed by atoms with van der Waals surface area (Å²) in [5, 5.41) is 0.812. The van der Waals surface area contributed by atoms with Crippen molar-refractivity contribution >= 4 is 45.9 Å². The number of carbonyl (C=O) groups excluding carboxylic acids is 4. The van der Waals surface area contributed by atoms with Crippen molar-refractivity contribution in [2.24, 2.45) is 11.5 Å². The first-order valence-corrected chi connectivity index (χ1v) is 19.9. The minimum atomic E-state index is -5.99. The smallest absolute Gasteiger partial charge is 0.457 e. The SMILES string of the molecule is NC(=O)c1cc(N)ccn1.NC(=O)c1cc(NC(=O)c2cc(C(F)(F)C(F)(F)F)ccc2Oc2ccc(OC(F)(F)F)cc2)ccn1.O=C(Cl)c1cc(C(F)(F)C(F)(F)F)ccc1Oc1ccc(OC(F)(F)F)cc1. The van der Waals surface area contributed by atoms with E-state index >= 15 is 0 Å². The number of halogens is 17. The van der Waals surface area contributed by atoms with Crippen LogP contribution in [0.3, 0.4) is 0 Å². The molecule has 2 heterocycles. The standard InChI is InChI=1S/C22H13F8N3O4.C16H7ClF8O3.C6H7N3O/c23-20(24,21(25,26)27)11-1-6-17(36-13-2-4-14(5-3-13)37-22(28,29)30)15(9-11)19(35)33-12-7-8-32-16(10-12)18(31)34;17-13(26)11-7-8(14(18,19)15(20,21)22)1-6-12(11)27-9-2-4-10(5-3-9)28-16(23,24)25;7-4-1-2-9-5(3-4)6(8)10/h1-10H,(H2,31,34)(H,32,33,35);1-7H;1-3H,(H2,7,9)(H2,8,10). The predicted molar refractivity (Wildman–Crippen MR) is 227 cm³/mol. The maximum Gasteiger partial charge on any atom is 0.573 e.